The zero-order valence-corrected chi connectivity index (χ0v) is 14.1. The van der Waals surface area contributed by atoms with E-state index in [1.807, 2.05) is 42.5 Å². The Morgan fingerprint density at radius 2 is 1.78 bits per heavy atom. The first-order valence-corrected chi connectivity index (χ1v) is 8.44. The van der Waals surface area contributed by atoms with Crippen LogP contribution in [0.2, 0.25) is 10.0 Å². The molecule has 1 aromatic heterocycles. The van der Waals surface area contributed by atoms with Crippen LogP contribution in [0.5, 0.6) is 0 Å². The van der Waals surface area contributed by atoms with Gasteiger partial charge in [0, 0.05) is 21.4 Å². The maximum absolute atomic E-state index is 9.24. The minimum absolute atomic E-state index is 0.280. The maximum atomic E-state index is 9.24. The molecular formula is C17H10Cl2N2OS. The standard InChI is InChI=1S/C17H10Cl2N2OS/c18-13-6-11(7-14(19)8-13)10-23-17-15(9-20)21-16(22-17)12-4-2-1-3-5-12/h1-8H,10H2. The molecule has 0 spiro atoms. The van der Waals surface area contributed by atoms with Crippen LogP contribution in [-0.4, -0.2) is 4.98 Å². The van der Waals surface area contributed by atoms with Crippen molar-refractivity contribution in [2.75, 3.05) is 0 Å². The van der Waals surface area contributed by atoms with Crippen molar-refractivity contribution in [1.29, 1.82) is 5.26 Å². The summed E-state index contributed by atoms with van der Waals surface area (Å²) in [5.74, 6) is 1.02. The van der Waals surface area contributed by atoms with Gasteiger partial charge in [-0.2, -0.15) is 10.2 Å². The van der Waals surface area contributed by atoms with Gasteiger partial charge in [-0.1, -0.05) is 53.2 Å². The summed E-state index contributed by atoms with van der Waals surface area (Å²) < 4.78 is 5.74. The summed E-state index contributed by atoms with van der Waals surface area (Å²) in [5.41, 5.74) is 2.07. The highest BCUT2D eigenvalue weighted by Gasteiger charge is 2.15. The lowest BCUT2D eigenvalue weighted by Crippen LogP contribution is -1.82. The normalized spacial score (nSPS) is 10.5. The Hall–Kier alpha value is -1.93. The molecule has 0 bridgehead atoms. The zero-order valence-electron chi connectivity index (χ0n) is 11.8. The smallest absolute Gasteiger partial charge is 0.228 e. The van der Waals surface area contributed by atoms with E-state index < -0.39 is 0 Å². The van der Waals surface area contributed by atoms with E-state index in [4.69, 9.17) is 27.6 Å². The lowest BCUT2D eigenvalue weighted by molar-refractivity contribution is 0.483. The van der Waals surface area contributed by atoms with Crippen LogP contribution in [0.3, 0.4) is 0 Å². The van der Waals surface area contributed by atoms with E-state index in [0.29, 0.717) is 26.8 Å². The van der Waals surface area contributed by atoms with E-state index in [1.165, 1.54) is 11.8 Å². The number of halogens is 2. The monoisotopic (exact) mass is 360 g/mol. The van der Waals surface area contributed by atoms with Crippen LogP contribution in [0.25, 0.3) is 11.5 Å². The summed E-state index contributed by atoms with van der Waals surface area (Å²) in [5, 5.41) is 10.9. The molecule has 3 rings (SSSR count). The lowest BCUT2D eigenvalue weighted by Gasteiger charge is -2.01. The van der Waals surface area contributed by atoms with Gasteiger partial charge >= 0.3 is 0 Å². The quantitative estimate of drug-likeness (QED) is 0.550. The molecule has 23 heavy (non-hydrogen) atoms. The second kappa shape index (κ2) is 7.10. The molecule has 114 valence electrons. The summed E-state index contributed by atoms with van der Waals surface area (Å²) in [6, 6.07) is 16.9. The van der Waals surface area contributed by atoms with Crippen molar-refractivity contribution < 1.29 is 4.42 Å². The van der Waals surface area contributed by atoms with Crippen molar-refractivity contribution in [1.82, 2.24) is 4.98 Å². The molecule has 0 aliphatic carbocycles. The number of rotatable bonds is 4. The molecule has 0 aliphatic rings. The molecule has 2 aromatic carbocycles. The number of hydrogen-bond acceptors (Lipinski definition) is 4. The van der Waals surface area contributed by atoms with Gasteiger partial charge in [0.2, 0.25) is 5.89 Å². The Kier molecular flexibility index (Phi) is 4.92. The first kappa shape index (κ1) is 15.9. The molecule has 3 nitrogen and oxygen atoms in total. The minimum atomic E-state index is 0.280. The van der Waals surface area contributed by atoms with E-state index >= 15 is 0 Å². The summed E-state index contributed by atoms with van der Waals surface area (Å²) in [7, 11) is 0. The van der Waals surface area contributed by atoms with Crippen LogP contribution >= 0.6 is 35.0 Å². The topological polar surface area (TPSA) is 49.8 Å². The molecule has 0 saturated heterocycles. The third-order valence-corrected chi connectivity index (χ3v) is 4.47. The lowest BCUT2D eigenvalue weighted by atomic mass is 10.2. The first-order chi connectivity index (χ1) is 11.2. The molecule has 3 aromatic rings. The fraction of sp³-hybridized carbons (Fsp3) is 0.0588. The Morgan fingerprint density at radius 1 is 1.09 bits per heavy atom. The molecule has 0 fully saturated rings. The summed E-state index contributed by atoms with van der Waals surface area (Å²) >= 11 is 13.4. The zero-order chi connectivity index (χ0) is 16.2. The number of aromatic nitrogens is 1. The van der Waals surface area contributed by atoms with Crippen LogP contribution in [0, 0.1) is 11.3 Å². The second-order valence-corrected chi connectivity index (χ2v) is 6.52. The minimum Gasteiger partial charge on any atom is -0.428 e. The van der Waals surface area contributed by atoms with Crippen LogP contribution in [0.4, 0.5) is 0 Å². The highest BCUT2D eigenvalue weighted by Crippen LogP contribution is 2.32. The molecule has 0 atom stereocenters. The van der Waals surface area contributed by atoms with Crippen LogP contribution < -0.4 is 0 Å². The summed E-state index contributed by atoms with van der Waals surface area (Å²) in [6.45, 7) is 0. The van der Waals surface area contributed by atoms with Crippen LogP contribution in [0.15, 0.2) is 58.0 Å². The fourth-order valence-electron chi connectivity index (χ4n) is 2.02. The Bertz CT molecular complexity index is 852. The first-order valence-electron chi connectivity index (χ1n) is 6.70. The molecule has 0 saturated carbocycles. The highest BCUT2D eigenvalue weighted by molar-refractivity contribution is 7.98. The van der Waals surface area contributed by atoms with E-state index in [2.05, 4.69) is 11.1 Å². The molecule has 6 heteroatoms. The average Bonchev–Trinajstić information content (AvgIpc) is 2.96. The van der Waals surface area contributed by atoms with Crippen LogP contribution in [0.1, 0.15) is 11.3 Å². The molecule has 0 N–H and O–H groups in total. The number of thioether (sulfide) groups is 1. The van der Waals surface area contributed by atoms with Gasteiger partial charge in [-0.05, 0) is 35.9 Å². The summed E-state index contributed by atoms with van der Waals surface area (Å²) in [4.78, 5) is 4.25. The molecule has 0 unspecified atom stereocenters. The largest absolute Gasteiger partial charge is 0.428 e. The van der Waals surface area contributed by atoms with E-state index in [-0.39, 0.29) is 5.69 Å². The van der Waals surface area contributed by atoms with Crippen molar-refractivity contribution in [3.05, 3.63) is 69.8 Å². The van der Waals surface area contributed by atoms with Crippen molar-refractivity contribution >= 4 is 35.0 Å². The van der Waals surface area contributed by atoms with E-state index in [9.17, 15) is 5.26 Å². The van der Waals surface area contributed by atoms with Crippen molar-refractivity contribution in [3.63, 3.8) is 0 Å². The number of benzene rings is 2. The second-order valence-electron chi connectivity index (χ2n) is 4.70. The molecule has 0 amide bonds. The Labute approximate surface area is 147 Å². The van der Waals surface area contributed by atoms with Crippen molar-refractivity contribution in [2.45, 2.75) is 10.8 Å². The molecule has 0 radical (unpaired) electrons. The Balaban J connectivity index is 1.83. The van der Waals surface area contributed by atoms with Gasteiger partial charge in [0.25, 0.3) is 0 Å². The van der Waals surface area contributed by atoms with Gasteiger partial charge in [-0.15, -0.1) is 0 Å². The highest BCUT2D eigenvalue weighted by atomic mass is 35.5. The third-order valence-electron chi connectivity index (χ3n) is 3.01. The fourth-order valence-corrected chi connectivity index (χ4v) is 3.42. The number of nitriles is 1. The van der Waals surface area contributed by atoms with Gasteiger partial charge in [0.05, 0.1) is 0 Å². The van der Waals surface area contributed by atoms with E-state index in [1.54, 1.807) is 6.07 Å². The van der Waals surface area contributed by atoms with Gasteiger partial charge in [-0.3, -0.25) is 0 Å². The number of nitrogens with zero attached hydrogens (tertiary/aromatic N) is 2. The van der Waals surface area contributed by atoms with Gasteiger partial charge in [0.1, 0.15) is 6.07 Å². The number of oxazole rings is 1. The van der Waals surface area contributed by atoms with Gasteiger partial charge in [0.15, 0.2) is 10.8 Å². The number of hydrogen-bond donors (Lipinski definition) is 0. The predicted molar refractivity (Wildman–Crippen MR) is 92.7 cm³/mol. The van der Waals surface area contributed by atoms with Gasteiger partial charge in [-0.25, -0.2) is 0 Å². The van der Waals surface area contributed by atoms with Crippen LogP contribution in [-0.2, 0) is 5.75 Å². The average molecular weight is 361 g/mol. The molecular weight excluding hydrogens is 351 g/mol. The predicted octanol–water partition coefficient (Wildman–Crippen LogP) is 5.81. The van der Waals surface area contributed by atoms with E-state index in [0.717, 1.165) is 11.1 Å². The molecule has 1 heterocycles. The maximum Gasteiger partial charge on any atom is 0.228 e. The Morgan fingerprint density at radius 3 is 2.43 bits per heavy atom. The van der Waals surface area contributed by atoms with Gasteiger partial charge < -0.3 is 4.42 Å². The summed E-state index contributed by atoms with van der Waals surface area (Å²) in [6.07, 6.45) is 0. The third kappa shape index (κ3) is 3.89. The van der Waals surface area contributed by atoms with Crippen molar-refractivity contribution in [3.8, 4) is 17.5 Å². The SMILES string of the molecule is N#Cc1nc(-c2ccccc2)oc1SCc1cc(Cl)cc(Cl)c1. The molecule has 0 aliphatic heterocycles. The van der Waals surface area contributed by atoms with Crippen molar-refractivity contribution in [2.24, 2.45) is 0 Å².